The topological polar surface area (TPSA) is 100 Å². The van der Waals surface area contributed by atoms with Gasteiger partial charge in [0.25, 0.3) is 5.91 Å². The number of carbonyl (C=O) groups excluding carboxylic acids is 1. The van der Waals surface area contributed by atoms with Crippen LogP contribution in [0, 0.1) is 23.4 Å². The fourth-order valence-corrected chi connectivity index (χ4v) is 4.39. The van der Waals surface area contributed by atoms with Crippen molar-refractivity contribution < 1.29 is 36.2 Å². The summed E-state index contributed by atoms with van der Waals surface area (Å²) in [7, 11) is 0. The lowest BCUT2D eigenvalue weighted by Gasteiger charge is -2.22. The molecule has 2 aliphatic rings. The summed E-state index contributed by atoms with van der Waals surface area (Å²) >= 11 is 0. The number of aliphatic hydroxyl groups is 1. The van der Waals surface area contributed by atoms with Crippen LogP contribution in [0.5, 0.6) is 0 Å². The van der Waals surface area contributed by atoms with Gasteiger partial charge in [-0.2, -0.15) is 13.2 Å². The van der Waals surface area contributed by atoms with E-state index < -0.39 is 69.8 Å². The van der Waals surface area contributed by atoms with Gasteiger partial charge in [-0.25, -0.2) is 23.1 Å². The molecule has 14 heteroatoms. The number of aromatic nitrogens is 3. The molecule has 196 valence electrons. The van der Waals surface area contributed by atoms with E-state index >= 15 is 4.39 Å². The lowest BCUT2D eigenvalue weighted by atomic mass is 10.1. The van der Waals surface area contributed by atoms with E-state index in [1.807, 2.05) is 5.32 Å². The monoisotopic (exact) mass is 527 g/mol. The Bertz CT molecular complexity index is 1460. The van der Waals surface area contributed by atoms with Crippen molar-refractivity contribution in [1.82, 2.24) is 19.9 Å². The van der Waals surface area contributed by atoms with Crippen LogP contribution in [0.3, 0.4) is 0 Å². The van der Waals surface area contributed by atoms with Gasteiger partial charge in [0.2, 0.25) is 5.43 Å². The van der Waals surface area contributed by atoms with Crippen molar-refractivity contribution >= 4 is 22.8 Å². The Labute approximate surface area is 204 Å². The highest BCUT2D eigenvalue weighted by Crippen LogP contribution is 2.40. The second-order valence-electron chi connectivity index (χ2n) is 9.08. The number of hydrogen-bond donors (Lipinski definition) is 2. The molecule has 4 heterocycles. The number of halogens is 6. The van der Waals surface area contributed by atoms with E-state index in [4.69, 9.17) is 0 Å². The minimum Gasteiger partial charge on any atom is -0.391 e. The van der Waals surface area contributed by atoms with Crippen molar-refractivity contribution in [2.45, 2.75) is 37.6 Å². The zero-order chi connectivity index (χ0) is 26.6. The average molecular weight is 527 g/mol. The summed E-state index contributed by atoms with van der Waals surface area (Å²) in [6.45, 7) is 0.258. The highest BCUT2D eigenvalue weighted by Gasteiger charge is 2.50. The number of anilines is 1. The first-order chi connectivity index (χ1) is 17.4. The number of alkyl halides is 3. The van der Waals surface area contributed by atoms with Crippen molar-refractivity contribution in [3.8, 4) is 5.82 Å². The number of pyridine rings is 3. The van der Waals surface area contributed by atoms with Crippen LogP contribution in [-0.2, 0) is 0 Å². The summed E-state index contributed by atoms with van der Waals surface area (Å²) in [5.74, 6) is -6.41. The van der Waals surface area contributed by atoms with Crippen molar-refractivity contribution in [2.24, 2.45) is 5.92 Å². The van der Waals surface area contributed by atoms with Crippen LogP contribution in [0.2, 0.25) is 0 Å². The van der Waals surface area contributed by atoms with Crippen LogP contribution in [0.4, 0.5) is 32.2 Å². The first-order valence-electron chi connectivity index (χ1n) is 11.3. The summed E-state index contributed by atoms with van der Waals surface area (Å²) in [5.41, 5.74) is -2.34. The lowest BCUT2D eigenvalue weighted by molar-refractivity contribution is -0.158. The molecule has 2 N–H and O–H groups in total. The maximum atomic E-state index is 15.0. The normalized spacial score (nSPS) is 18.9. The maximum Gasteiger partial charge on any atom is 0.408 e. The van der Waals surface area contributed by atoms with Gasteiger partial charge < -0.3 is 15.3 Å². The van der Waals surface area contributed by atoms with Crippen LogP contribution in [0.1, 0.15) is 29.6 Å². The molecule has 2 fully saturated rings. The molecule has 37 heavy (non-hydrogen) atoms. The van der Waals surface area contributed by atoms with Crippen LogP contribution in [0.25, 0.3) is 16.9 Å². The number of rotatable bonds is 5. The van der Waals surface area contributed by atoms with Gasteiger partial charge in [-0.15, -0.1) is 0 Å². The van der Waals surface area contributed by atoms with Gasteiger partial charge in [0.05, 0.1) is 17.7 Å². The molecule has 1 amide bonds. The third kappa shape index (κ3) is 4.72. The molecule has 0 spiro atoms. The van der Waals surface area contributed by atoms with Gasteiger partial charge in [-0.3, -0.25) is 14.2 Å². The predicted octanol–water partition coefficient (Wildman–Crippen LogP) is 2.84. The van der Waals surface area contributed by atoms with Crippen LogP contribution >= 0.6 is 0 Å². The molecule has 1 aliphatic heterocycles. The maximum absolute atomic E-state index is 15.0. The molecule has 3 aromatic rings. The number of fused-ring (bicyclic) bond motifs is 1. The Morgan fingerprint density at radius 1 is 1.11 bits per heavy atom. The van der Waals surface area contributed by atoms with Crippen LogP contribution in [0.15, 0.2) is 29.3 Å². The Balaban J connectivity index is 1.69. The van der Waals surface area contributed by atoms with Gasteiger partial charge in [0.15, 0.2) is 28.9 Å². The van der Waals surface area contributed by atoms with Gasteiger partial charge >= 0.3 is 6.18 Å². The van der Waals surface area contributed by atoms with Gasteiger partial charge in [0.1, 0.15) is 17.4 Å². The van der Waals surface area contributed by atoms with Crippen LogP contribution < -0.4 is 15.6 Å². The highest BCUT2D eigenvalue weighted by molar-refractivity contribution is 5.97. The number of aliphatic hydroxyl groups excluding tert-OH is 1. The molecule has 0 aromatic carbocycles. The summed E-state index contributed by atoms with van der Waals surface area (Å²) in [6, 6.07) is -0.996. The second kappa shape index (κ2) is 9.01. The Hall–Kier alpha value is -3.68. The first kappa shape index (κ1) is 25.0. The van der Waals surface area contributed by atoms with Gasteiger partial charge in [0, 0.05) is 25.4 Å². The highest BCUT2D eigenvalue weighted by atomic mass is 19.4. The molecule has 0 radical (unpaired) electrons. The van der Waals surface area contributed by atoms with E-state index in [0.29, 0.717) is 18.7 Å². The zero-order valence-corrected chi connectivity index (χ0v) is 18.9. The van der Waals surface area contributed by atoms with Crippen molar-refractivity contribution in [2.75, 3.05) is 18.0 Å². The van der Waals surface area contributed by atoms with Crippen molar-refractivity contribution in [1.29, 1.82) is 0 Å². The Morgan fingerprint density at radius 3 is 2.41 bits per heavy atom. The SMILES string of the molecule is O=C(NC(C1CC1)C(F)(F)F)c1cn(-c2ncc(F)cc2F)c2nc(N3CC[C@H](O)C3)c(F)cc2c1=O. The van der Waals surface area contributed by atoms with E-state index in [9.17, 15) is 36.6 Å². The summed E-state index contributed by atoms with van der Waals surface area (Å²) < 4.78 is 84.5. The number of hydrogen-bond acceptors (Lipinski definition) is 6. The number of nitrogens with zero attached hydrogens (tertiary/aromatic N) is 4. The minimum absolute atomic E-state index is 0.0311. The van der Waals surface area contributed by atoms with Crippen molar-refractivity contribution in [3.63, 3.8) is 0 Å². The van der Waals surface area contributed by atoms with E-state index in [2.05, 4.69) is 9.97 Å². The number of nitrogens with one attached hydrogen (secondary N) is 1. The molecule has 8 nitrogen and oxygen atoms in total. The molecule has 5 rings (SSSR count). The van der Waals surface area contributed by atoms with Crippen molar-refractivity contribution in [3.05, 3.63) is 57.8 Å². The largest absolute Gasteiger partial charge is 0.408 e. The number of β-amino-alcohol motifs (C(OH)–C–C–N with tert-alkyl or cyclic N) is 1. The molecule has 1 saturated carbocycles. The first-order valence-corrected chi connectivity index (χ1v) is 11.3. The molecule has 1 aliphatic carbocycles. The second-order valence-corrected chi connectivity index (χ2v) is 9.08. The molecule has 1 unspecified atom stereocenters. The predicted molar refractivity (Wildman–Crippen MR) is 118 cm³/mol. The third-order valence-corrected chi connectivity index (χ3v) is 6.37. The molecule has 2 atom stereocenters. The fourth-order valence-electron chi connectivity index (χ4n) is 4.39. The third-order valence-electron chi connectivity index (χ3n) is 6.37. The lowest BCUT2D eigenvalue weighted by Crippen LogP contribution is -2.48. The summed E-state index contributed by atoms with van der Waals surface area (Å²) in [5, 5.41) is 11.1. The van der Waals surface area contributed by atoms with E-state index in [0.717, 1.165) is 16.8 Å². The zero-order valence-electron chi connectivity index (χ0n) is 18.9. The summed E-state index contributed by atoms with van der Waals surface area (Å²) in [6.07, 6.45) is -3.34. The molecule has 1 saturated heterocycles. The standard InChI is InChI=1S/C23H19F6N5O3/c24-11-5-15(25)20(30-7-11)34-9-14(22(37)31-18(10-1-2-10)23(27,28)29)17(36)13-6-16(26)21(32-19(13)34)33-4-3-12(35)8-33/h5-7,9-10,12,18,35H,1-4,8H2,(H,31,37)/t12-,18?/m0/s1. The fraction of sp³-hybridized carbons (Fsp3) is 0.391. The van der Waals surface area contributed by atoms with Crippen LogP contribution in [-0.4, -0.2) is 57.0 Å². The van der Waals surface area contributed by atoms with Gasteiger partial charge in [-0.1, -0.05) is 0 Å². The Kier molecular flexibility index (Phi) is 6.09. The smallest absolute Gasteiger partial charge is 0.391 e. The molecule has 3 aromatic heterocycles. The number of carbonyl (C=O) groups is 1. The minimum atomic E-state index is -4.78. The van der Waals surface area contributed by atoms with E-state index in [1.54, 1.807) is 0 Å². The Morgan fingerprint density at radius 2 is 1.81 bits per heavy atom. The van der Waals surface area contributed by atoms with Gasteiger partial charge in [-0.05, 0) is 31.2 Å². The molecular formula is C23H19F6N5O3. The molecular weight excluding hydrogens is 508 g/mol. The average Bonchev–Trinajstić information content (AvgIpc) is 3.56. The summed E-state index contributed by atoms with van der Waals surface area (Å²) in [4.78, 5) is 35.2. The molecule has 0 bridgehead atoms. The van der Waals surface area contributed by atoms with E-state index in [-0.39, 0.29) is 37.4 Å². The van der Waals surface area contributed by atoms with E-state index in [1.165, 1.54) is 4.90 Å². The quantitative estimate of drug-likeness (QED) is 0.496. The number of amides is 1.